The molecule has 0 aromatic carbocycles. The molecule has 1 rings (SSSR count). The number of carboxylic acid groups (broad SMARTS) is 1. The maximum atomic E-state index is 11.6. The zero-order valence-electron chi connectivity index (χ0n) is 9.19. The summed E-state index contributed by atoms with van der Waals surface area (Å²) >= 11 is 1.68. The van der Waals surface area contributed by atoms with Crippen LogP contribution < -0.4 is 16.0 Å². The van der Waals surface area contributed by atoms with Gasteiger partial charge in [0.2, 0.25) is 11.8 Å². The van der Waals surface area contributed by atoms with Crippen molar-refractivity contribution in [1.29, 1.82) is 0 Å². The molecule has 96 valence electrons. The van der Waals surface area contributed by atoms with Gasteiger partial charge in [0, 0.05) is 18.1 Å². The van der Waals surface area contributed by atoms with E-state index in [9.17, 15) is 14.4 Å². The molecule has 2 amide bonds. The van der Waals surface area contributed by atoms with Crippen LogP contribution in [-0.2, 0) is 14.4 Å². The fourth-order valence-corrected chi connectivity index (χ4v) is 2.19. The molecule has 1 fully saturated rings. The molecule has 1 saturated heterocycles. The van der Waals surface area contributed by atoms with Crippen molar-refractivity contribution in [3.63, 3.8) is 0 Å². The number of nitrogens with one attached hydrogen (secondary N) is 3. The zero-order valence-corrected chi connectivity index (χ0v) is 10.0. The van der Waals surface area contributed by atoms with Gasteiger partial charge in [-0.15, -0.1) is 0 Å². The standard InChI is InChI=1S/C9H15N3O4S/c13-7(11-4-8(14)15)3-12-9(16)6-5-17-2-1-10-6/h6,10H,1-5H2,(H,11,13)(H,12,16)(H,14,15). The Balaban J connectivity index is 2.18. The van der Waals surface area contributed by atoms with Gasteiger partial charge in [0.1, 0.15) is 6.54 Å². The number of hydrogen-bond acceptors (Lipinski definition) is 5. The van der Waals surface area contributed by atoms with E-state index in [1.165, 1.54) is 0 Å². The van der Waals surface area contributed by atoms with Gasteiger partial charge in [0.15, 0.2) is 0 Å². The number of carboxylic acids is 1. The lowest BCUT2D eigenvalue weighted by Gasteiger charge is -2.21. The molecule has 4 N–H and O–H groups in total. The van der Waals surface area contributed by atoms with Crippen molar-refractivity contribution < 1.29 is 19.5 Å². The van der Waals surface area contributed by atoms with Crippen LogP contribution in [-0.4, -0.2) is 60.1 Å². The Hall–Kier alpha value is -1.28. The molecule has 0 saturated carbocycles. The maximum Gasteiger partial charge on any atom is 0.322 e. The van der Waals surface area contributed by atoms with Crippen LogP contribution in [0.3, 0.4) is 0 Å². The summed E-state index contributed by atoms with van der Waals surface area (Å²) < 4.78 is 0. The second-order valence-corrected chi connectivity index (χ2v) is 4.62. The molecule has 1 unspecified atom stereocenters. The van der Waals surface area contributed by atoms with Gasteiger partial charge in [-0.25, -0.2) is 0 Å². The predicted octanol–water partition coefficient (Wildman–Crippen LogP) is -1.99. The number of rotatable bonds is 5. The summed E-state index contributed by atoms with van der Waals surface area (Å²) in [7, 11) is 0. The third-order valence-electron chi connectivity index (χ3n) is 2.10. The molecule has 0 aromatic rings. The molecule has 0 spiro atoms. The topological polar surface area (TPSA) is 108 Å². The van der Waals surface area contributed by atoms with Crippen molar-refractivity contribution in [3.8, 4) is 0 Å². The van der Waals surface area contributed by atoms with Gasteiger partial charge in [0.05, 0.1) is 12.6 Å². The highest BCUT2D eigenvalue weighted by Gasteiger charge is 2.20. The fourth-order valence-electron chi connectivity index (χ4n) is 1.26. The van der Waals surface area contributed by atoms with Crippen molar-refractivity contribution >= 4 is 29.5 Å². The summed E-state index contributed by atoms with van der Waals surface area (Å²) in [4.78, 5) is 32.9. The largest absolute Gasteiger partial charge is 0.480 e. The summed E-state index contributed by atoms with van der Waals surface area (Å²) in [5, 5.41) is 16.0. The van der Waals surface area contributed by atoms with Crippen LogP contribution in [0.1, 0.15) is 0 Å². The smallest absolute Gasteiger partial charge is 0.322 e. The minimum absolute atomic E-state index is 0.199. The first-order valence-corrected chi connectivity index (χ1v) is 6.32. The summed E-state index contributed by atoms with van der Waals surface area (Å²) in [6, 6.07) is -0.277. The second kappa shape index (κ2) is 7.13. The average Bonchev–Trinajstić information content (AvgIpc) is 2.34. The first kappa shape index (κ1) is 13.8. The van der Waals surface area contributed by atoms with Crippen molar-refractivity contribution in [3.05, 3.63) is 0 Å². The molecule has 7 nitrogen and oxygen atoms in total. The number of amides is 2. The van der Waals surface area contributed by atoms with E-state index in [1.807, 2.05) is 0 Å². The summed E-state index contributed by atoms with van der Waals surface area (Å²) in [5.74, 6) is -0.201. The highest BCUT2D eigenvalue weighted by molar-refractivity contribution is 7.99. The Bertz CT molecular complexity index is 305. The van der Waals surface area contributed by atoms with Crippen LogP contribution in [0.25, 0.3) is 0 Å². The zero-order chi connectivity index (χ0) is 12.7. The van der Waals surface area contributed by atoms with E-state index >= 15 is 0 Å². The molecule has 0 radical (unpaired) electrons. The van der Waals surface area contributed by atoms with Gasteiger partial charge in [0.25, 0.3) is 0 Å². The van der Waals surface area contributed by atoms with Crippen molar-refractivity contribution in [2.24, 2.45) is 0 Å². The summed E-state index contributed by atoms with van der Waals surface area (Å²) in [5.41, 5.74) is 0. The van der Waals surface area contributed by atoms with Gasteiger partial charge >= 0.3 is 5.97 Å². The number of aliphatic carboxylic acids is 1. The number of carbonyl (C=O) groups is 3. The third kappa shape index (κ3) is 5.55. The van der Waals surface area contributed by atoms with E-state index in [2.05, 4.69) is 16.0 Å². The van der Waals surface area contributed by atoms with Crippen LogP contribution in [0.4, 0.5) is 0 Å². The Morgan fingerprint density at radius 2 is 2.06 bits per heavy atom. The van der Waals surface area contributed by atoms with Crippen molar-refractivity contribution in [2.45, 2.75) is 6.04 Å². The van der Waals surface area contributed by atoms with E-state index in [1.54, 1.807) is 11.8 Å². The Morgan fingerprint density at radius 3 is 2.65 bits per heavy atom. The highest BCUT2D eigenvalue weighted by atomic mass is 32.2. The molecule has 1 atom stereocenters. The predicted molar refractivity (Wildman–Crippen MR) is 62.8 cm³/mol. The van der Waals surface area contributed by atoms with E-state index in [0.29, 0.717) is 5.75 Å². The van der Waals surface area contributed by atoms with Gasteiger partial charge in [-0.05, 0) is 0 Å². The molecular weight excluding hydrogens is 246 g/mol. The van der Waals surface area contributed by atoms with E-state index in [0.717, 1.165) is 12.3 Å². The van der Waals surface area contributed by atoms with Crippen LogP contribution in [0.5, 0.6) is 0 Å². The lowest BCUT2D eigenvalue weighted by molar-refractivity contribution is -0.137. The van der Waals surface area contributed by atoms with Gasteiger partial charge in [-0.2, -0.15) is 11.8 Å². The van der Waals surface area contributed by atoms with Crippen LogP contribution in [0.15, 0.2) is 0 Å². The van der Waals surface area contributed by atoms with Crippen molar-refractivity contribution in [2.75, 3.05) is 31.1 Å². The van der Waals surface area contributed by atoms with Crippen molar-refractivity contribution in [1.82, 2.24) is 16.0 Å². The van der Waals surface area contributed by atoms with E-state index < -0.39 is 18.4 Å². The summed E-state index contributed by atoms with van der Waals surface area (Å²) in [6.45, 7) is 0.134. The third-order valence-corrected chi connectivity index (χ3v) is 3.16. The summed E-state index contributed by atoms with van der Waals surface area (Å²) in [6.07, 6.45) is 0. The molecule has 0 aromatic heterocycles. The van der Waals surface area contributed by atoms with Gasteiger partial charge in [-0.1, -0.05) is 0 Å². The Labute approximate surface area is 103 Å². The lowest BCUT2D eigenvalue weighted by Crippen LogP contribution is -2.51. The molecule has 1 aliphatic heterocycles. The highest BCUT2D eigenvalue weighted by Crippen LogP contribution is 2.07. The van der Waals surface area contributed by atoms with Crippen LogP contribution in [0, 0.1) is 0 Å². The van der Waals surface area contributed by atoms with E-state index in [-0.39, 0.29) is 18.5 Å². The van der Waals surface area contributed by atoms with E-state index in [4.69, 9.17) is 5.11 Å². The monoisotopic (exact) mass is 261 g/mol. The average molecular weight is 261 g/mol. The minimum atomic E-state index is -1.12. The SMILES string of the molecule is O=C(O)CNC(=O)CNC(=O)C1CSCCN1. The molecular formula is C9H15N3O4S. The first-order chi connectivity index (χ1) is 8.09. The molecule has 17 heavy (non-hydrogen) atoms. The molecule has 0 bridgehead atoms. The molecule has 0 aliphatic carbocycles. The van der Waals surface area contributed by atoms with Gasteiger partial charge < -0.3 is 21.1 Å². The minimum Gasteiger partial charge on any atom is -0.480 e. The number of thioether (sulfide) groups is 1. The molecule has 8 heteroatoms. The normalized spacial score (nSPS) is 19.4. The number of hydrogen-bond donors (Lipinski definition) is 4. The van der Waals surface area contributed by atoms with Crippen LogP contribution >= 0.6 is 11.8 Å². The molecule has 1 heterocycles. The van der Waals surface area contributed by atoms with Gasteiger partial charge in [-0.3, -0.25) is 14.4 Å². The first-order valence-electron chi connectivity index (χ1n) is 5.17. The van der Waals surface area contributed by atoms with Crippen LogP contribution in [0.2, 0.25) is 0 Å². The second-order valence-electron chi connectivity index (χ2n) is 3.47. The number of carbonyl (C=O) groups excluding carboxylic acids is 2. The lowest BCUT2D eigenvalue weighted by atomic mass is 10.3. The fraction of sp³-hybridized carbons (Fsp3) is 0.667. The maximum absolute atomic E-state index is 11.6. The quantitative estimate of drug-likeness (QED) is 0.456. The Morgan fingerprint density at radius 1 is 1.29 bits per heavy atom. The Kier molecular flexibility index (Phi) is 5.78. The molecule has 1 aliphatic rings.